The fraction of sp³-hybridized carbons (Fsp3) is 0.444. The van der Waals surface area contributed by atoms with E-state index in [2.05, 4.69) is 0 Å². The molecule has 2 bridgehead atoms. The molecular weight excluding hydrogens is 482 g/mol. The summed E-state index contributed by atoms with van der Waals surface area (Å²) < 4.78 is 12.9. The molecule has 0 spiro atoms. The largest absolute Gasteiger partial charge is 0.493 e. The van der Waals surface area contributed by atoms with Crippen LogP contribution in [0.5, 0.6) is 5.75 Å². The molecule has 6 rings (SSSR count). The van der Waals surface area contributed by atoms with Gasteiger partial charge in [-0.05, 0) is 46.5 Å². The van der Waals surface area contributed by atoms with E-state index in [1.165, 1.54) is 22.7 Å². The van der Waals surface area contributed by atoms with Crippen molar-refractivity contribution in [3.8, 4) is 5.75 Å². The highest BCUT2D eigenvalue weighted by molar-refractivity contribution is 7.12. The van der Waals surface area contributed by atoms with E-state index < -0.39 is 11.6 Å². The molecule has 3 saturated heterocycles. The maximum Gasteiger partial charge on any atom is 0.353 e. The van der Waals surface area contributed by atoms with Crippen LogP contribution < -0.4 is 4.74 Å². The van der Waals surface area contributed by atoms with Crippen LogP contribution in [0.25, 0.3) is 0 Å². The van der Waals surface area contributed by atoms with Gasteiger partial charge in [-0.15, -0.1) is 22.7 Å². The topological polar surface area (TPSA) is 76.0 Å². The molecule has 0 unspecified atom stereocenters. The van der Waals surface area contributed by atoms with Gasteiger partial charge in [0.05, 0.1) is 42.6 Å². The minimum atomic E-state index is -1.77. The first-order chi connectivity index (χ1) is 17.0. The summed E-state index contributed by atoms with van der Waals surface area (Å²) in [7, 11) is 0. The Morgan fingerprint density at radius 1 is 1.06 bits per heavy atom. The Balaban J connectivity index is 1.28. The molecule has 6 nitrogen and oxygen atoms in total. The zero-order valence-corrected chi connectivity index (χ0v) is 21.3. The lowest BCUT2D eigenvalue weighted by atomic mass is 9.84. The molecule has 3 aliphatic heterocycles. The molecule has 2 aromatic heterocycles. The molecule has 1 atom stereocenters. The van der Waals surface area contributed by atoms with Gasteiger partial charge in [0.2, 0.25) is 11.8 Å². The second-order valence-electron chi connectivity index (χ2n) is 9.60. The van der Waals surface area contributed by atoms with Gasteiger partial charge < -0.3 is 19.7 Å². The van der Waals surface area contributed by atoms with E-state index in [0.717, 1.165) is 61.1 Å². The summed E-state index contributed by atoms with van der Waals surface area (Å²) in [4.78, 5) is 14.8. The summed E-state index contributed by atoms with van der Waals surface area (Å²) in [5, 5.41) is 24.8. The number of hydrogen-bond donors (Lipinski definition) is 2. The first-order valence-electron chi connectivity index (χ1n) is 12.2. The average Bonchev–Trinajstić information content (AvgIpc) is 3.63. The highest BCUT2D eigenvalue weighted by Gasteiger charge is 2.52. The Morgan fingerprint density at radius 2 is 1.77 bits per heavy atom. The van der Waals surface area contributed by atoms with Crippen molar-refractivity contribution in [1.29, 1.82) is 0 Å². The number of quaternary nitrogens is 1. The van der Waals surface area contributed by atoms with Crippen LogP contribution in [0.2, 0.25) is 0 Å². The molecule has 3 aromatic rings. The number of aliphatic hydroxyl groups excluding tert-OH is 1. The monoisotopic (exact) mass is 514 g/mol. The summed E-state index contributed by atoms with van der Waals surface area (Å²) in [6, 6.07) is 14.8. The lowest BCUT2D eigenvalue weighted by Crippen LogP contribution is -2.66. The fourth-order valence-electron chi connectivity index (χ4n) is 5.50. The number of benzene rings is 1. The first kappa shape index (κ1) is 24.5. The summed E-state index contributed by atoms with van der Waals surface area (Å²) in [6.07, 6.45) is 3.72. The molecule has 8 heteroatoms. The number of piperidine rings is 3. The van der Waals surface area contributed by atoms with Gasteiger partial charge in [0.1, 0.15) is 5.75 Å². The van der Waals surface area contributed by atoms with Crippen LogP contribution in [0.4, 0.5) is 0 Å². The van der Waals surface area contributed by atoms with Crippen molar-refractivity contribution >= 4 is 28.6 Å². The number of carbonyl (C=O) groups is 1. The molecule has 5 heterocycles. The van der Waals surface area contributed by atoms with Gasteiger partial charge in [-0.3, -0.25) is 4.48 Å². The molecule has 3 fully saturated rings. The van der Waals surface area contributed by atoms with E-state index in [1.54, 1.807) is 12.1 Å². The summed E-state index contributed by atoms with van der Waals surface area (Å²) in [6.45, 7) is 3.39. The molecule has 0 aliphatic carbocycles. The van der Waals surface area contributed by atoms with E-state index in [4.69, 9.17) is 9.47 Å². The summed E-state index contributed by atoms with van der Waals surface area (Å²) in [5.74, 6) is 0.755. The van der Waals surface area contributed by atoms with E-state index in [1.807, 2.05) is 47.2 Å². The number of hydrogen-bond acceptors (Lipinski definition) is 7. The number of ether oxygens (including phenoxy) is 2. The number of nitrogens with zero attached hydrogens (tertiary/aromatic N) is 1. The quantitative estimate of drug-likeness (QED) is 0.237. The van der Waals surface area contributed by atoms with Crippen LogP contribution >= 0.6 is 22.7 Å². The fourth-order valence-corrected chi connectivity index (χ4v) is 7.21. The minimum Gasteiger partial charge on any atom is -0.493 e. The lowest BCUT2D eigenvalue weighted by molar-refractivity contribution is -0.984. The Kier molecular flexibility index (Phi) is 7.27. The van der Waals surface area contributed by atoms with Gasteiger partial charge in [-0.1, -0.05) is 24.3 Å². The highest BCUT2D eigenvalue weighted by Crippen LogP contribution is 2.42. The zero-order valence-electron chi connectivity index (χ0n) is 19.7. The van der Waals surface area contributed by atoms with Crippen molar-refractivity contribution in [2.75, 3.05) is 26.2 Å². The number of carbonyl (C=O) groups excluding carboxylic acids is 1. The molecule has 1 aromatic carbocycles. The molecule has 186 valence electrons. The van der Waals surface area contributed by atoms with Crippen molar-refractivity contribution in [3.05, 3.63) is 74.6 Å². The molecule has 35 heavy (non-hydrogen) atoms. The Hall–Kier alpha value is -2.23. The normalized spacial score (nSPS) is 23.8. The molecule has 0 amide bonds. The van der Waals surface area contributed by atoms with Gasteiger partial charge >= 0.3 is 5.97 Å². The number of thiophene rings is 2. The Labute approximate surface area is 214 Å². The Morgan fingerprint density at radius 3 is 2.40 bits per heavy atom. The second kappa shape index (κ2) is 10.4. The number of aliphatic hydroxyl groups is 2. The predicted octanol–water partition coefficient (Wildman–Crippen LogP) is 4.51. The minimum absolute atomic E-state index is 0.00525. The van der Waals surface area contributed by atoms with Crippen LogP contribution in [0, 0.1) is 5.92 Å². The smallest absolute Gasteiger partial charge is 0.353 e. The number of rotatable bonds is 10. The molecule has 0 radical (unpaired) electrons. The van der Waals surface area contributed by atoms with Gasteiger partial charge in [0.15, 0.2) is 0 Å². The van der Waals surface area contributed by atoms with Crippen LogP contribution in [0.3, 0.4) is 0 Å². The lowest BCUT2D eigenvalue weighted by Gasteiger charge is -2.53. The maximum atomic E-state index is 13.6. The van der Waals surface area contributed by atoms with Crippen molar-refractivity contribution in [1.82, 2.24) is 0 Å². The molecule has 3 aliphatic rings. The van der Waals surface area contributed by atoms with Gasteiger partial charge in [0.25, 0.3) is 0 Å². The van der Waals surface area contributed by atoms with Crippen LogP contribution in [0.15, 0.2) is 59.3 Å². The average molecular weight is 515 g/mol. The standard InChI is InChI=1S/C27H32NO5S2/c29-19-21-5-1-6-22(17-21)32-14-4-11-28-12-9-20(10-13-28)18-25(28)33-26(30)27(31,23-7-2-15-34-23)24-8-3-16-35-24/h1-3,5-8,15-17,20,25,29,31H,4,9-14,18-19H2/q+1/t20?,25-,28?/m1/s1. The van der Waals surface area contributed by atoms with Crippen molar-refractivity contribution in [3.63, 3.8) is 0 Å². The SMILES string of the molecule is O=C(O[C@@H]1CC2CC[N+]1(CCCOc1cccc(CO)c1)CC2)C(O)(c1cccs1)c1cccs1. The third kappa shape index (κ3) is 4.90. The van der Waals surface area contributed by atoms with E-state index in [0.29, 0.717) is 22.3 Å². The van der Waals surface area contributed by atoms with E-state index in [9.17, 15) is 15.0 Å². The van der Waals surface area contributed by atoms with Crippen LogP contribution in [-0.2, 0) is 21.7 Å². The molecule has 0 saturated carbocycles. The third-order valence-corrected chi connectivity index (χ3v) is 9.46. The second-order valence-corrected chi connectivity index (χ2v) is 11.5. The van der Waals surface area contributed by atoms with E-state index >= 15 is 0 Å². The molecular formula is C27H32NO5S2+. The predicted molar refractivity (Wildman–Crippen MR) is 136 cm³/mol. The van der Waals surface area contributed by atoms with Gasteiger partial charge in [-0.2, -0.15) is 0 Å². The first-order valence-corrected chi connectivity index (χ1v) is 14.0. The number of fused-ring (bicyclic) bond motifs is 3. The van der Waals surface area contributed by atoms with Crippen LogP contribution in [0.1, 0.15) is 41.0 Å². The Bertz CT molecular complexity index is 1070. The summed E-state index contributed by atoms with van der Waals surface area (Å²) in [5.41, 5.74) is -0.941. The summed E-state index contributed by atoms with van der Waals surface area (Å²) >= 11 is 2.74. The highest BCUT2D eigenvalue weighted by atomic mass is 32.1. The van der Waals surface area contributed by atoms with Gasteiger partial charge in [-0.25, -0.2) is 4.79 Å². The van der Waals surface area contributed by atoms with Crippen molar-refractivity contribution in [2.24, 2.45) is 5.92 Å². The zero-order chi connectivity index (χ0) is 24.3. The molecule has 2 N–H and O–H groups in total. The van der Waals surface area contributed by atoms with Crippen LogP contribution in [-0.4, -0.2) is 53.1 Å². The van der Waals surface area contributed by atoms with E-state index in [-0.39, 0.29) is 12.8 Å². The third-order valence-electron chi connectivity index (χ3n) is 7.50. The maximum absolute atomic E-state index is 13.6. The van der Waals surface area contributed by atoms with Gasteiger partial charge in [0, 0.05) is 25.7 Å². The van der Waals surface area contributed by atoms with Crippen molar-refractivity contribution < 1.29 is 29.0 Å². The number of esters is 1. The van der Waals surface area contributed by atoms with Crippen molar-refractivity contribution in [2.45, 2.75) is 44.1 Å².